The lowest BCUT2D eigenvalue weighted by molar-refractivity contribution is 0.328. The molecule has 38 heavy (non-hydrogen) atoms. The van der Waals surface area contributed by atoms with Crippen LogP contribution in [0.25, 0.3) is 22.0 Å². The number of ether oxygens (including phenoxy) is 1. The zero-order valence-corrected chi connectivity index (χ0v) is 21.8. The largest absolute Gasteiger partial charge is 0.454 e. The summed E-state index contributed by atoms with van der Waals surface area (Å²) in [5.74, 6) is -1.65. The Labute approximate surface area is 218 Å². The van der Waals surface area contributed by atoms with Gasteiger partial charge in [-0.05, 0) is 68.8 Å². The van der Waals surface area contributed by atoms with Crippen LogP contribution in [0.3, 0.4) is 0 Å². The maximum atomic E-state index is 14.5. The molecule has 0 radical (unpaired) electrons. The van der Waals surface area contributed by atoms with E-state index in [1.807, 2.05) is 6.07 Å². The predicted molar refractivity (Wildman–Crippen MR) is 141 cm³/mol. The molecule has 0 bridgehead atoms. The molecule has 0 spiro atoms. The van der Waals surface area contributed by atoms with Crippen molar-refractivity contribution in [2.24, 2.45) is 12.2 Å². The van der Waals surface area contributed by atoms with Crippen molar-refractivity contribution in [2.45, 2.75) is 31.6 Å². The first-order chi connectivity index (χ1) is 18.0. The Kier molecular flexibility index (Phi) is 6.84. The second-order valence-electron chi connectivity index (χ2n) is 9.69. The van der Waals surface area contributed by atoms with Crippen LogP contribution in [-0.2, 0) is 23.6 Å². The third-order valence-corrected chi connectivity index (χ3v) is 8.24. The van der Waals surface area contributed by atoms with Crippen LogP contribution in [0.4, 0.5) is 8.78 Å². The first kappa shape index (κ1) is 26.1. The topological polar surface area (TPSA) is 110 Å². The van der Waals surface area contributed by atoms with Crippen LogP contribution >= 0.6 is 0 Å². The summed E-state index contributed by atoms with van der Waals surface area (Å²) in [5, 5.41) is 4.84. The minimum atomic E-state index is -3.92. The highest BCUT2D eigenvalue weighted by molar-refractivity contribution is 7.89. The molecule has 1 atom stereocenters. The normalized spacial score (nSPS) is 15.3. The van der Waals surface area contributed by atoms with Crippen molar-refractivity contribution in [2.75, 3.05) is 13.1 Å². The molecule has 0 amide bonds. The number of nitrogens with one attached hydrogen (secondary N) is 1. The molecule has 11 heteroatoms. The molecule has 0 aliphatic carbocycles. The fourth-order valence-electron chi connectivity index (χ4n) is 4.84. The average molecular weight is 543 g/mol. The van der Waals surface area contributed by atoms with Gasteiger partial charge in [-0.3, -0.25) is 9.69 Å². The van der Waals surface area contributed by atoms with Crippen molar-refractivity contribution in [3.05, 3.63) is 81.9 Å². The molecular formula is C27H28F2N4O4S. The van der Waals surface area contributed by atoms with Crippen LogP contribution < -0.4 is 15.4 Å². The van der Waals surface area contributed by atoms with Gasteiger partial charge in [0.2, 0.25) is 10.0 Å². The molecule has 1 unspecified atom stereocenters. The number of primary sulfonamides is 1. The van der Waals surface area contributed by atoms with E-state index in [4.69, 9.17) is 9.88 Å². The minimum absolute atomic E-state index is 0.191. The van der Waals surface area contributed by atoms with E-state index in [0.717, 1.165) is 37.7 Å². The van der Waals surface area contributed by atoms with Gasteiger partial charge in [0.15, 0.2) is 11.6 Å². The third kappa shape index (κ3) is 5.09. The Morgan fingerprint density at radius 3 is 2.45 bits per heavy atom. The Hall–Kier alpha value is -3.54. The smallest absolute Gasteiger partial charge is 0.259 e. The van der Waals surface area contributed by atoms with Crippen LogP contribution in [0, 0.1) is 11.6 Å². The molecule has 200 valence electrons. The van der Waals surface area contributed by atoms with Crippen LogP contribution in [0.5, 0.6) is 11.5 Å². The zero-order valence-electron chi connectivity index (χ0n) is 21.0. The zero-order chi connectivity index (χ0) is 27.2. The van der Waals surface area contributed by atoms with Gasteiger partial charge in [-0.25, -0.2) is 22.3 Å². The Morgan fingerprint density at radius 2 is 1.76 bits per heavy atom. The van der Waals surface area contributed by atoms with Gasteiger partial charge in [-0.1, -0.05) is 6.07 Å². The number of aromatic nitrogens is 2. The summed E-state index contributed by atoms with van der Waals surface area (Å²) in [7, 11) is -2.30. The number of hydrogen-bond donors (Lipinski definition) is 2. The fraction of sp³-hybridized carbons (Fsp3) is 0.296. The van der Waals surface area contributed by atoms with Gasteiger partial charge < -0.3 is 14.3 Å². The Morgan fingerprint density at radius 1 is 1.05 bits per heavy atom. The fourth-order valence-corrected chi connectivity index (χ4v) is 5.36. The number of nitrogens with zero attached hydrogens (tertiary/aromatic N) is 2. The number of fused-ring (bicyclic) bond motifs is 1. The van der Waals surface area contributed by atoms with Crippen molar-refractivity contribution < 1.29 is 21.9 Å². The van der Waals surface area contributed by atoms with Gasteiger partial charge in [-0.2, -0.15) is 0 Å². The monoisotopic (exact) mass is 542 g/mol. The van der Waals surface area contributed by atoms with E-state index < -0.39 is 26.9 Å². The highest BCUT2D eigenvalue weighted by Crippen LogP contribution is 2.39. The van der Waals surface area contributed by atoms with E-state index in [2.05, 4.69) is 9.88 Å². The molecule has 2 aromatic heterocycles. The standard InChI is InChI=1S/C27H28F2N4O4S/c1-16(38(30,35)36)17-5-7-24(37-25-8-6-18(28)12-23(25)29)20(11-17)22-15-32(2)27(34)21-13-19(31-26(21)22)14-33-9-3-4-10-33/h5-8,11-13,15-16,31H,3-4,9-10,14H2,1-2H3,(H2,30,35,36). The van der Waals surface area contributed by atoms with Gasteiger partial charge in [0, 0.05) is 42.7 Å². The van der Waals surface area contributed by atoms with Crippen molar-refractivity contribution >= 4 is 20.9 Å². The summed E-state index contributed by atoms with van der Waals surface area (Å²) in [6, 6.07) is 9.45. The van der Waals surface area contributed by atoms with Crippen LogP contribution in [0.15, 0.2) is 53.5 Å². The molecule has 3 N–H and O–H groups in total. The van der Waals surface area contributed by atoms with Gasteiger partial charge in [0.25, 0.3) is 5.56 Å². The number of benzene rings is 2. The number of rotatable bonds is 7. The van der Waals surface area contributed by atoms with Gasteiger partial charge >= 0.3 is 0 Å². The Bertz CT molecular complexity index is 1690. The second-order valence-corrected chi connectivity index (χ2v) is 11.6. The molecule has 4 aromatic rings. The molecular weight excluding hydrogens is 514 g/mol. The van der Waals surface area contributed by atoms with Gasteiger partial charge in [0.05, 0.1) is 16.2 Å². The lowest BCUT2D eigenvalue weighted by Gasteiger charge is -2.17. The van der Waals surface area contributed by atoms with Gasteiger partial charge in [-0.15, -0.1) is 0 Å². The number of halogens is 2. The molecule has 3 heterocycles. The molecule has 1 aliphatic heterocycles. The van der Waals surface area contributed by atoms with E-state index >= 15 is 0 Å². The minimum Gasteiger partial charge on any atom is -0.454 e. The number of H-pyrrole nitrogens is 1. The Balaban J connectivity index is 1.70. The highest BCUT2D eigenvalue weighted by atomic mass is 32.2. The highest BCUT2D eigenvalue weighted by Gasteiger charge is 2.23. The van der Waals surface area contributed by atoms with Crippen LogP contribution in [0.2, 0.25) is 0 Å². The number of aryl methyl sites for hydroxylation is 1. The number of aromatic amines is 1. The number of pyridine rings is 1. The van der Waals surface area contributed by atoms with E-state index in [0.29, 0.717) is 40.2 Å². The summed E-state index contributed by atoms with van der Waals surface area (Å²) < 4.78 is 59.5. The molecule has 8 nitrogen and oxygen atoms in total. The summed E-state index contributed by atoms with van der Waals surface area (Å²) >= 11 is 0. The van der Waals surface area contributed by atoms with Gasteiger partial charge in [0.1, 0.15) is 11.6 Å². The quantitative estimate of drug-likeness (QED) is 0.356. The van der Waals surface area contributed by atoms with E-state index in [-0.39, 0.29) is 17.1 Å². The third-order valence-electron chi connectivity index (χ3n) is 6.98. The van der Waals surface area contributed by atoms with E-state index in [1.54, 1.807) is 19.3 Å². The lowest BCUT2D eigenvalue weighted by Crippen LogP contribution is -2.19. The first-order valence-corrected chi connectivity index (χ1v) is 13.8. The first-order valence-electron chi connectivity index (χ1n) is 12.2. The molecule has 1 fully saturated rings. The van der Waals surface area contributed by atoms with Crippen LogP contribution in [-0.4, -0.2) is 36.0 Å². The summed E-state index contributed by atoms with van der Waals surface area (Å²) in [6.45, 7) is 4.08. The SMILES string of the molecule is CC(c1ccc(Oc2ccc(F)cc2F)c(-c2cn(C)c(=O)c3cc(CN4CCCC4)[nH]c23)c1)S(N)(=O)=O. The number of hydrogen-bond acceptors (Lipinski definition) is 5. The second kappa shape index (κ2) is 9.97. The average Bonchev–Trinajstić information content (AvgIpc) is 3.53. The van der Waals surface area contributed by atoms with Crippen LogP contribution in [0.1, 0.15) is 36.3 Å². The molecule has 0 saturated carbocycles. The summed E-state index contributed by atoms with van der Waals surface area (Å²) in [5.41, 5.74) is 2.57. The van der Waals surface area contributed by atoms with Crippen molar-refractivity contribution in [1.82, 2.24) is 14.5 Å². The molecule has 1 saturated heterocycles. The predicted octanol–water partition coefficient (Wildman–Crippen LogP) is 4.55. The molecule has 5 rings (SSSR count). The molecule has 2 aromatic carbocycles. The van der Waals surface area contributed by atoms with Crippen molar-refractivity contribution in [1.29, 1.82) is 0 Å². The maximum Gasteiger partial charge on any atom is 0.259 e. The summed E-state index contributed by atoms with van der Waals surface area (Å²) in [4.78, 5) is 18.7. The molecule has 1 aliphatic rings. The number of nitrogens with two attached hydrogens (primary N) is 1. The maximum absolute atomic E-state index is 14.5. The van der Waals surface area contributed by atoms with E-state index in [1.165, 1.54) is 29.7 Å². The van der Waals surface area contributed by atoms with E-state index in [9.17, 15) is 22.0 Å². The summed E-state index contributed by atoms with van der Waals surface area (Å²) in [6.07, 6.45) is 3.88. The number of sulfonamides is 1. The lowest BCUT2D eigenvalue weighted by atomic mass is 10.0. The number of likely N-dealkylation sites (tertiary alicyclic amines) is 1. The van der Waals surface area contributed by atoms with Crippen molar-refractivity contribution in [3.63, 3.8) is 0 Å². The van der Waals surface area contributed by atoms with Crippen molar-refractivity contribution in [3.8, 4) is 22.6 Å².